The first-order chi connectivity index (χ1) is 9.29. The van der Waals surface area contributed by atoms with Gasteiger partial charge < -0.3 is 10.6 Å². The molecule has 0 bridgehead atoms. The van der Waals surface area contributed by atoms with Crippen molar-refractivity contribution in [3.63, 3.8) is 0 Å². The number of rotatable bonds is 2. The summed E-state index contributed by atoms with van der Waals surface area (Å²) in [6, 6.07) is 11.7. The number of hydrogen-bond donors (Lipinski definition) is 1. The van der Waals surface area contributed by atoms with E-state index in [4.69, 9.17) is 5.73 Å². The van der Waals surface area contributed by atoms with E-state index in [1.54, 1.807) is 6.07 Å². The second-order valence-electron chi connectivity index (χ2n) is 4.92. The maximum atomic E-state index is 12.5. The van der Waals surface area contributed by atoms with Crippen LogP contribution in [-0.4, -0.2) is 34.9 Å². The number of halogens is 2. The van der Waals surface area contributed by atoms with Gasteiger partial charge in [-0.1, -0.05) is 24.3 Å². The van der Waals surface area contributed by atoms with Crippen LogP contribution < -0.4 is 5.73 Å². The molecule has 6 heteroatoms. The van der Waals surface area contributed by atoms with Crippen LogP contribution in [0.1, 0.15) is 23.3 Å². The van der Waals surface area contributed by atoms with Crippen LogP contribution >= 0.6 is 24.8 Å². The van der Waals surface area contributed by atoms with Crippen LogP contribution in [0.25, 0.3) is 10.9 Å². The number of nitrogens with zero attached hydrogens (tertiary/aromatic N) is 2. The van der Waals surface area contributed by atoms with E-state index >= 15 is 0 Å². The van der Waals surface area contributed by atoms with Gasteiger partial charge in [-0.05, 0) is 25.0 Å². The molecule has 4 nitrogen and oxygen atoms in total. The van der Waals surface area contributed by atoms with Gasteiger partial charge in [-0.25, -0.2) is 4.98 Å². The molecule has 1 aliphatic heterocycles. The lowest BCUT2D eigenvalue weighted by Crippen LogP contribution is -2.40. The van der Waals surface area contributed by atoms with Crippen LogP contribution in [-0.2, 0) is 0 Å². The molecule has 2 heterocycles. The van der Waals surface area contributed by atoms with Gasteiger partial charge in [0.15, 0.2) is 0 Å². The summed E-state index contributed by atoms with van der Waals surface area (Å²) < 4.78 is 0. The number of carbonyl (C=O) groups excluding carboxylic acids is 1. The van der Waals surface area contributed by atoms with Crippen molar-refractivity contribution >= 4 is 41.6 Å². The zero-order valence-corrected chi connectivity index (χ0v) is 13.2. The number of fused-ring (bicyclic) bond motifs is 1. The van der Waals surface area contributed by atoms with Gasteiger partial charge in [0, 0.05) is 24.5 Å². The second kappa shape index (κ2) is 7.59. The summed E-state index contributed by atoms with van der Waals surface area (Å²) >= 11 is 0. The third-order valence-electron chi connectivity index (χ3n) is 3.73. The number of nitrogens with two attached hydrogens (primary N) is 1. The fourth-order valence-corrected chi connectivity index (χ4v) is 2.68. The predicted octanol–water partition coefficient (Wildman–Crippen LogP) is 2.64. The molecule has 114 valence electrons. The molecular weight excluding hydrogens is 309 g/mol. The molecule has 1 atom stereocenters. The fourth-order valence-electron chi connectivity index (χ4n) is 2.68. The van der Waals surface area contributed by atoms with Crippen molar-refractivity contribution in [1.82, 2.24) is 9.88 Å². The Bertz CT molecular complexity index is 621. The molecule has 2 aromatic rings. The van der Waals surface area contributed by atoms with Gasteiger partial charge in [0.2, 0.25) is 0 Å². The fraction of sp³-hybridized carbons (Fsp3) is 0.333. The third kappa shape index (κ3) is 3.46. The zero-order chi connectivity index (χ0) is 13.2. The minimum absolute atomic E-state index is 0. The summed E-state index contributed by atoms with van der Waals surface area (Å²) in [4.78, 5) is 18.8. The quantitative estimate of drug-likeness (QED) is 0.922. The number of amides is 1. The zero-order valence-electron chi connectivity index (χ0n) is 11.6. The molecule has 1 fully saturated rings. The Morgan fingerprint density at radius 1 is 1.24 bits per heavy atom. The smallest absolute Gasteiger partial charge is 0.272 e. The van der Waals surface area contributed by atoms with Crippen LogP contribution in [0.15, 0.2) is 36.4 Å². The van der Waals surface area contributed by atoms with E-state index in [0.717, 1.165) is 30.3 Å². The van der Waals surface area contributed by atoms with Crippen LogP contribution in [0.4, 0.5) is 0 Å². The van der Waals surface area contributed by atoms with E-state index in [1.807, 2.05) is 35.2 Å². The van der Waals surface area contributed by atoms with Gasteiger partial charge in [-0.15, -0.1) is 24.8 Å². The Morgan fingerprint density at radius 3 is 2.76 bits per heavy atom. The van der Waals surface area contributed by atoms with Crippen molar-refractivity contribution in [3.8, 4) is 0 Å². The topological polar surface area (TPSA) is 59.2 Å². The molecule has 0 aliphatic carbocycles. The first kappa shape index (κ1) is 17.7. The average molecular weight is 328 g/mol. The summed E-state index contributed by atoms with van der Waals surface area (Å²) in [5, 5.41) is 1.05. The van der Waals surface area contributed by atoms with E-state index in [1.165, 1.54) is 0 Å². The maximum Gasteiger partial charge on any atom is 0.272 e. The van der Waals surface area contributed by atoms with E-state index in [0.29, 0.717) is 12.2 Å². The van der Waals surface area contributed by atoms with Crippen molar-refractivity contribution in [2.75, 3.05) is 13.1 Å². The normalized spacial score (nSPS) is 17.2. The molecule has 0 spiro atoms. The van der Waals surface area contributed by atoms with E-state index in [9.17, 15) is 4.79 Å². The molecule has 1 amide bonds. The molecule has 21 heavy (non-hydrogen) atoms. The number of hydrogen-bond acceptors (Lipinski definition) is 3. The van der Waals surface area contributed by atoms with Gasteiger partial charge in [-0.2, -0.15) is 0 Å². The summed E-state index contributed by atoms with van der Waals surface area (Å²) in [5.41, 5.74) is 7.09. The van der Waals surface area contributed by atoms with Gasteiger partial charge in [-0.3, -0.25) is 4.79 Å². The summed E-state index contributed by atoms with van der Waals surface area (Å²) in [6.45, 7) is 1.31. The first-order valence-corrected chi connectivity index (χ1v) is 6.66. The predicted molar refractivity (Wildman–Crippen MR) is 89.4 cm³/mol. The number of likely N-dealkylation sites (tertiary alicyclic amines) is 1. The van der Waals surface area contributed by atoms with Crippen molar-refractivity contribution in [1.29, 1.82) is 0 Å². The highest BCUT2D eigenvalue weighted by Crippen LogP contribution is 2.20. The van der Waals surface area contributed by atoms with Crippen molar-refractivity contribution in [2.24, 2.45) is 5.73 Å². The maximum absolute atomic E-state index is 12.5. The van der Waals surface area contributed by atoms with Crippen LogP contribution in [0.5, 0.6) is 0 Å². The number of carbonyl (C=O) groups is 1. The molecule has 1 aromatic heterocycles. The highest BCUT2D eigenvalue weighted by molar-refractivity contribution is 5.95. The number of para-hydroxylation sites is 1. The molecule has 2 N–H and O–H groups in total. The molecule has 3 rings (SSSR count). The molecule has 1 aliphatic rings. The molecule has 0 radical (unpaired) electrons. The lowest BCUT2D eigenvalue weighted by Gasteiger charge is -2.23. The lowest BCUT2D eigenvalue weighted by molar-refractivity contribution is 0.0735. The van der Waals surface area contributed by atoms with Gasteiger partial charge in [0.1, 0.15) is 5.69 Å². The molecule has 1 saturated heterocycles. The van der Waals surface area contributed by atoms with Crippen LogP contribution in [0.2, 0.25) is 0 Å². The van der Waals surface area contributed by atoms with Gasteiger partial charge in [0.25, 0.3) is 5.91 Å². The van der Waals surface area contributed by atoms with E-state index < -0.39 is 0 Å². The number of benzene rings is 1. The highest BCUT2D eigenvalue weighted by atomic mass is 35.5. The van der Waals surface area contributed by atoms with Crippen LogP contribution in [0, 0.1) is 0 Å². The summed E-state index contributed by atoms with van der Waals surface area (Å²) in [7, 11) is 0. The average Bonchev–Trinajstić information content (AvgIpc) is 2.94. The minimum atomic E-state index is -0.00120. The third-order valence-corrected chi connectivity index (χ3v) is 3.73. The Hall–Kier alpha value is -1.36. The SMILES string of the molecule is Cl.Cl.NCC1CCCN1C(=O)c1ccc2ccccc2n1. The molecule has 0 saturated carbocycles. The molecule has 1 unspecified atom stereocenters. The second-order valence-corrected chi connectivity index (χ2v) is 4.92. The largest absolute Gasteiger partial charge is 0.333 e. The first-order valence-electron chi connectivity index (χ1n) is 6.66. The number of aromatic nitrogens is 1. The standard InChI is InChI=1S/C15H17N3O.2ClH/c16-10-12-5-3-9-18(12)15(19)14-8-7-11-4-1-2-6-13(11)17-14;;/h1-2,4,6-8,12H,3,5,9-10,16H2;2*1H. The Kier molecular flexibility index (Phi) is 6.40. The Morgan fingerprint density at radius 2 is 2.00 bits per heavy atom. The van der Waals surface area contributed by atoms with Gasteiger partial charge in [0.05, 0.1) is 5.52 Å². The van der Waals surface area contributed by atoms with Crippen LogP contribution in [0.3, 0.4) is 0 Å². The summed E-state index contributed by atoms with van der Waals surface area (Å²) in [5.74, 6) is -0.00120. The highest BCUT2D eigenvalue weighted by Gasteiger charge is 2.28. The summed E-state index contributed by atoms with van der Waals surface area (Å²) in [6.07, 6.45) is 2.02. The van der Waals surface area contributed by atoms with E-state index in [2.05, 4.69) is 4.98 Å². The van der Waals surface area contributed by atoms with Crippen molar-refractivity contribution < 1.29 is 4.79 Å². The van der Waals surface area contributed by atoms with Crippen molar-refractivity contribution in [2.45, 2.75) is 18.9 Å². The molecular formula is C15H19Cl2N3O. The number of pyridine rings is 1. The molecule has 1 aromatic carbocycles. The van der Waals surface area contributed by atoms with E-state index in [-0.39, 0.29) is 36.8 Å². The monoisotopic (exact) mass is 327 g/mol. The minimum Gasteiger partial charge on any atom is -0.333 e. The van der Waals surface area contributed by atoms with Gasteiger partial charge >= 0.3 is 0 Å². The Balaban J connectivity index is 0.00000110. The van der Waals surface area contributed by atoms with Crippen molar-refractivity contribution in [3.05, 3.63) is 42.1 Å². The lowest BCUT2D eigenvalue weighted by atomic mass is 10.2. The Labute approximate surface area is 136 Å².